The van der Waals surface area contributed by atoms with Gasteiger partial charge in [0.1, 0.15) is 11.6 Å². The Morgan fingerprint density at radius 1 is 1.19 bits per heavy atom. The fraction of sp³-hybridized carbons (Fsp3) is 0.158. The van der Waals surface area contributed by atoms with E-state index in [2.05, 4.69) is 10.3 Å². The van der Waals surface area contributed by atoms with Crippen LogP contribution in [0.25, 0.3) is 11.3 Å². The second kappa shape index (κ2) is 8.82. The molecule has 1 amide bonds. The summed E-state index contributed by atoms with van der Waals surface area (Å²) in [6.45, 7) is 0. The number of amides is 1. The number of benzene rings is 2. The average Bonchev–Trinajstić information content (AvgIpc) is 3.11. The summed E-state index contributed by atoms with van der Waals surface area (Å²) in [7, 11) is 1.63. The van der Waals surface area contributed by atoms with E-state index in [9.17, 15) is 9.18 Å². The summed E-state index contributed by atoms with van der Waals surface area (Å²) in [6.07, 6.45) is 0.391. The first-order valence-corrected chi connectivity index (χ1v) is 9.79. The SMILES string of the molecule is COc1ccc(SCCC(=O)Nc2nc(-c3ccc(F)cc3)cs2)cc1. The molecule has 0 radical (unpaired) electrons. The molecule has 2 aromatic carbocycles. The van der Waals surface area contributed by atoms with Gasteiger partial charge in [-0.1, -0.05) is 0 Å². The first-order valence-electron chi connectivity index (χ1n) is 7.92. The standard InChI is InChI=1S/C19H17FN2O2S2/c1-24-15-6-8-16(9-7-15)25-11-10-18(23)22-19-21-17(12-26-19)13-2-4-14(20)5-3-13/h2-9,12H,10-11H2,1H3,(H,21,22,23). The highest BCUT2D eigenvalue weighted by Crippen LogP contribution is 2.26. The molecule has 0 unspecified atom stereocenters. The summed E-state index contributed by atoms with van der Waals surface area (Å²) >= 11 is 2.97. The zero-order valence-corrected chi connectivity index (χ0v) is 15.7. The number of carbonyl (C=O) groups is 1. The second-order valence-corrected chi connectivity index (χ2v) is 7.39. The van der Waals surface area contributed by atoms with Gasteiger partial charge in [-0.3, -0.25) is 4.79 Å². The maximum atomic E-state index is 13.0. The van der Waals surface area contributed by atoms with Crippen molar-refractivity contribution < 1.29 is 13.9 Å². The molecule has 3 rings (SSSR count). The van der Waals surface area contributed by atoms with Crippen molar-refractivity contribution in [1.82, 2.24) is 4.98 Å². The summed E-state index contributed by atoms with van der Waals surface area (Å²) in [5.41, 5.74) is 1.54. The molecule has 4 nitrogen and oxygen atoms in total. The van der Waals surface area contributed by atoms with Crippen molar-refractivity contribution in [1.29, 1.82) is 0 Å². The lowest BCUT2D eigenvalue weighted by molar-refractivity contribution is -0.115. The fourth-order valence-corrected chi connectivity index (χ4v) is 3.79. The van der Waals surface area contributed by atoms with Crippen LogP contribution in [0.5, 0.6) is 5.75 Å². The molecule has 1 heterocycles. The van der Waals surface area contributed by atoms with Crippen LogP contribution in [-0.4, -0.2) is 23.8 Å². The Morgan fingerprint density at radius 2 is 1.92 bits per heavy atom. The Labute approximate surface area is 159 Å². The Kier molecular flexibility index (Phi) is 6.25. The molecule has 1 aromatic heterocycles. The Balaban J connectivity index is 1.48. The van der Waals surface area contributed by atoms with Crippen molar-refractivity contribution in [2.75, 3.05) is 18.2 Å². The normalized spacial score (nSPS) is 10.5. The van der Waals surface area contributed by atoms with Crippen LogP contribution in [-0.2, 0) is 4.79 Å². The highest BCUT2D eigenvalue weighted by Gasteiger charge is 2.08. The van der Waals surface area contributed by atoms with Crippen LogP contribution in [0.2, 0.25) is 0 Å². The lowest BCUT2D eigenvalue weighted by Crippen LogP contribution is -2.11. The number of hydrogen-bond donors (Lipinski definition) is 1. The number of rotatable bonds is 7. The largest absolute Gasteiger partial charge is 0.497 e. The lowest BCUT2D eigenvalue weighted by atomic mass is 10.2. The van der Waals surface area contributed by atoms with Gasteiger partial charge in [-0.2, -0.15) is 0 Å². The van der Waals surface area contributed by atoms with Crippen LogP contribution in [0.3, 0.4) is 0 Å². The van der Waals surface area contributed by atoms with E-state index in [0.717, 1.165) is 21.9 Å². The van der Waals surface area contributed by atoms with Gasteiger partial charge < -0.3 is 10.1 Å². The molecule has 134 valence electrons. The summed E-state index contributed by atoms with van der Waals surface area (Å²) in [5.74, 6) is 1.12. The van der Waals surface area contributed by atoms with Crippen molar-refractivity contribution in [2.45, 2.75) is 11.3 Å². The maximum absolute atomic E-state index is 13.0. The number of ether oxygens (including phenoxy) is 1. The third kappa shape index (κ3) is 5.06. The molecule has 0 bridgehead atoms. The van der Waals surface area contributed by atoms with Gasteiger partial charge in [0.2, 0.25) is 5.91 Å². The highest BCUT2D eigenvalue weighted by molar-refractivity contribution is 7.99. The number of halogens is 1. The Hall–Kier alpha value is -2.38. The summed E-state index contributed by atoms with van der Waals surface area (Å²) in [4.78, 5) is 17.5. The molecule has 3 aromatic rings. The Morgan fingerprint density at radius 3 is 2.62 bits per heavy atom. The van der Waals surface area contributed by atoms with E-state index in [1.54, 1.807) is 31.0 Å². The van der Waals surface area contributed by atoms with Crippen molar-refractivity contribution >= 4 is 34.1 Å². The quantitative estimate of drug-likeness (QED) is 0.574. The molecule has 0 saturated carbocycles. The highest BCUT2D eigenvalue weighted by atomic mass is 32.2. The predicted molar refractivity (Wildman–Crippen MR) is 104 cm³/mol. The van der Waals surface area contributed by atoms with E-state index in [4.69, 9.17) is 4.74 Å². The van der Waals surface area contributed by atoms with Crippen molar-refractivity contribution in [3.05, 3.63) is 59.7 Å². The molecule has 1 N–H and O–H groups in total. The topological polar surface area (TPSA) is 51.2 Å². The van der Waals surface area contributed by atoms with Crippen molar-refractivity contribution in [3.63, 3.8) is 0 Å². The van der Waals surface area contributed by atoms with Crippen LogP contribution in [0.4, 0.5) is 9.52 Å². The molecule has 0 atom stereocenters. The maximum Gasteiger partial charge on any atom is 0.226 e. The van der Waals surface area contributed by atoms with Crippen LogP contribution in [0.1, 0.15) is 6.42 Å². The molecule has 0 saturated heterocycles. The number of methoxy groups -OCH3 is 1. The lowest BCUT2D eigenvalue weighted by Gasteiger charge is -2.04. The first kappa shape index (κ1) is 18.4. The average molecular weight is 388 g/mol. The van der Waals surface area contributed by atoms with Gasteiger partial charge in [-0.15, -0.1) is 23.1 Å². The van der Waals surface area contributed by atoms with E-state index in [1.165, 1.54) is 23.5 Å². The molecule has 0 spiro atoms. The minimum atomic E-state index is -0.285. The molecule has 7 heteroatoms. The van der Waals surface area contributed by atoms with E-state index in [-0.39, 0.29) is 11.7 Å². The molecular formula is C19H17FN2O2S2. The van der Waals surface area contributed by atoms with E-state index in [0.29, 0.717) is 17.3 Å². The number of hydrogen-bond acceptors (Lipinski definition) is 5. The van der Waals surface area contributed by atoms with Gasteiger partial charge in [0, 0.05) is 28.0 Å². The smallest absolute Gasteiger partial charge is 0.226 e. The zero-order valence-electron chi connectivity index (χ0n) is 14.1. The molecule has 0 aliphatic rings. The van der Waals surface area contributed by atoms with E-state index in [1.807, 2.05) is 29.6 Å². The monoisotopic (exact) mass is 388 g/mol. The Bertz CT molecular complexity index is 864. The summed E-state index contributed by atoms with van der Waals surface area (Å²) in [6, 6.07) is 13.9. The third-order valence-corrected chi connectivity index (χ3v) is 5.32. The second-order valence-electron chi connectivity index (χ2n) is 5.37. The van der Waals surface area contributed by atoms with Crippen LogP contribution < -0.4 is 10.1 Å². The number of nitrogens with one attached hydrogen (secondary N) is 1. The van der Waals surface area contributed by atoms with Gasteiger partial charge in [-0.05, 0) is 48.5 Å². The van der Waals surface area contributed by atoms with Crippen LogP contribution in [0, 0.1) is 5.82 Å². The minimum Gasteiger partial charge on any atom is -0.497 e. The summed E-state index contributed by atoms with van der Waals surface area (Å²) in [5, 5.41) is 5.20. The predicted octanol–water partition coefficient (Wildman–Crippen LogP) is 5.08. The third-order valence-electron chi connectivity index (χ3n) is 3.55. The van der Waals surface area contributed by atoms with Gasteiger partial charge >= 0.3 is 0 Å². The molecular weight excluding hydrogens is 371 g/mol. The number of aromatic nitrogens is 1. The van der Waals surface area contributed by atoms with E-state index < -0.39 is 0 Å². The number of anilines is 1. The number of thiazole rings is 1. The molecule has 0 fully saturated rings. The van der Waals surface area contributed by atoms with Crippen molar-refractivity contribution in [2.24, 2.45) is 0 Å². The van der Waals surface area contributed by atoms with Crippen LogP contribution >= 0.6 is 23.1 Å². The first-order chi connectivity index (χ1) is 12.6. The molecule has 0 aliphatic carbocycles. The van der Waals surface area contributed by atoms with Gasteiger partial charge in [0.05, 0.1) is 12.8 Å². The van der Waals surface area contributed by atoms with Crippen molar-refractivity contribution in [3.8, 4) is 17.0 Å². The number of thioether (sulfide) groups is 1. The summed E-state index contributed by atoms with van der Waals surface area (Å²) < 4.78 is 18.1. The minimum absolute atomic E-state index is 0.0778. The number of carbonyl (C=O) groups excluding carboxylic acids is 1. The van der Waals surface area contributed by atoms with Crippen LogP contribution in [0.15, 0.2) is 58.8 Å². The fourth-order valence-electron chi connectivity index (χ4n) is 2.20. The zero-order chi connectivity index (χ0) is 18.4. The van der Waals surface area contributed by atoms with Gasteiger partial charge in [-0.25, -0.2) is 9.37 Å². The molecule has 26 heavy (non-hydrogen) atoms. The van der Waals surface area contributed by atoms with E-state index >= 15 is 0 Å². The molecule has 0 aliphatic heterocycles. The number of nitrogens with zero attached hydrogens (tertiary/aromatic N) is 1. The van der Waals surface area contributed by atoms with Gasteiger partial charge in [0.25, 0.3) is 0 Å². The van der Waals surface area contributed by atoms with Gasteiger partial charge in [0.15, 0.2) is 5.13 Å².